The third-order valence-electron chi connectivity index (χ3n) is 3.03. The highest BCUT2D eigenvalue weighted by Crippen LogP contribution is 2.25. The Labute approximate surface area is 99.7 Å². The average molecular weight is 236 g/mol. The fourth-order valence-corrected chi connectivity index (χ4v) is 2.01. The third kappa shape index (κ3) is 2.09. The van der Waals surface area contributed by atoms with Crippen LogP contribution in [0.1, 0.15) is 39.2 Å². The van der Waals surface area contributed by atoms with E-state index in [1.165, 1.54) is 0 Å². The summed E-state index contributed by atoms with van der Waals surface area (Å²) in [6, 6.07) is 0.219. The van der Waals surface area contributed by atoms with E-state index in [1.807, 2.05) is 4.57 Å². The molecule has 2 rings (SSSR count). The lowest BCUT2D eigenvalue weighted by Gasteiger charge is -2.14. The minimum Gasteiger partial charge on any atom is -0.382 e. The smallest absolute Gasteiger partial charge is 0.167 e. The van der Waals surface area contributed by atoms with E-state index in [0.717, 1.165) is 25.5 Å². The second-order valence-electron chi connectivity index (χ2n) is 4.33. The molecule has 0 saturated heterocycles. The molecule has 0 aliphatic heterocycles. The summed E-state index contributed by atoms with van der Waals surface area (Å²) in [5.41, 5.74) is 6.60. The second kappa shape index (κ2) is 4.69. The van der Waals surface area contributed by atoms with Crippen LogP contribution in [0.5, 0.6) is 0 Å². The SMILES string of the molecule is CCCCC(C)n1cnc2c(N)ncc(F)c21. The molecule has 1 unspecified atom stereocenters. The van der Waals surface area contributed by atoms with Gasteiger partial charge in [-0.2, -0.15) is 0 Å². The average Bonchev–Trinajstić information content (AvgIpc) is 2.76. The van der Waals surface area contributed by atoms with Crippen LogP contribution < -0.4 is 5.73 Å². The van der Waals surface area contributed by atoms with E-state index in [0.29, 0.717) is 11.0 Å². The third-order valence-corrected chi connectivity index (χ3v) is 3.03. The maximum Gasteiger partial charge on any atom is 0.167 e. The molecule has 0 aliphatic rings. The van der Waals surface area contributed by atoms with Crippen LogP contribution in [0.4, 0.5) is 10.2 Å². The number of imidazole rings is 1. The molecule has 0 amide bonds. The van der Waals surface area contributed by atoms with Crippen LogP contribution >= 0.6 is 0 Å². The van der Waals surface area contributed by atoms with Gasteiger partial charge in [-0.3, -0.25) is 0 Å². The molecule has 5 heteroatoms. The lowest BCUT2D eigenvalue weighted by molar-refractivity contribution is 0.489. The summed E-state index contributed by atoms with van der Waals surface area (Å²) < 4.78 is 15.6. The predicted molar refractivity (Wildman–Crippen MR) is 66.1 cm³/mol. The highest BCUT2D eigenvalue weighted by Gasteiger charge is 2.15. The Bertz CT molecular complexity index is 520. The van der Waals surface area contributed by atoms with Crippen molar-refractivity contribution in [2.45, 2.75) is 39.2 Å². The number of hydrogen-bond donors (Lipinski definition) is 1. The molecular formula is C12H17FN4. The molecule has 2 aromatic rings. The van der Waals surface area contributed by atoms with Crippen LogP contribution in [0, 0.1) is 5.82 Å². The molecule has 0 fully saturated rings. The summed E-state index contributed by atoms with van der Waals surface area (Å²) in [4.78, 5) is 7.91. The Morgan fingerprint density at radius 3 is 2.94 bits per heavy atom. The molecule has 0 aromatic carbocycles. The summed E-state index contributed by atoms with van der Waals surface area (Å²) >= 11 is 0. The predicted octanol–water partition coefficient (Wildman–Crippen LogP) is 2.90. The molecule has 2 heterocycles. The zero-order valence-electron chi connectivity index (χ0n) is 10.2. The molecule has 17 heavy (non-hydrogen) atoms. The molecule has 0 radical (unpaired) electrons. The zero-order valence-corrected chi connectivity index (χ0v) is 10.2. The zero-order chi connectivity index (χ0) is 12.4. The Balaban J connectivity index is 2.45. The number of nitrogens with two attached hydrogens (primary N) is 1. The van der Waals surface area contributed by atoms with Crippen molar-refractivity contribution in [2.24, 2.45) is 0 Å². The van der Waals surface area contributed by atoms with Crippen LogP contribution in [0.25, 0.3) is 11.0 Å². The van der Waals surface area contributed by atoms with E-state index >= 15 is 0 Å². The van der Waals surface area contributed by atoms with Gasteiger partial charge in [0.1, 0.15) is 11.0 Å². The number of halogens is 1. The minimum atomic E-state index is -0.366. The molecule has 0 aliphatic carbocycles. The molecular weight excluding hydrogens is 219 g/mol. The second-order valence-corrected chi connectivity index (χ2v) is 4.33. The fourth-order valence-electron chi connectivity index (χ4n) is 2.01. The van der Waals surface area contributed by atoms with Crippen molar-refractivity contribution in [3.05, 3.63) is 18.3 Å². The Morgan fingerprint density at radius 2 is 2.24 bits per heavy atom. The number of aromatic nitrogens is 3. The van der Waals surface area contributed by atoms with E-state index in [2.05, 4.69) is 23.8 Å². The van der Waals surface area contributed by atoms with Gasteiger partial charge in [0, 0.05) is 6.04 Å². The van der Waals surface area contributed by atoms with Crippen molar-refractivity contribution < 1.29 is 4.39 Å². The first kappa shape index (κ1) is 11.8. The molecule has 0 spiro atoms. The molecule has 4 nitrogen and oxygen atoms in total. The first-order valence-electron chi connectivity index (χ1n) is 5.91. The fraction of sp³-hybridized carbons (Fsp3) is 0.500. The van der Waals surface area contributed by atoms with Gasteiger partial charge in [-0.05, 0) is 13.3 Å². The minimum absolute atomic E-state index is 0.219. The molecule has 0 saturated carbocycles. The van der Waals surface area contributed by atoms with E-state index < -0.39 is 0 Å². The van der Waals surface area contributed by atoms with Crippen LogP contribution in [-0.4, -0.2) is 14.5 Å². The quantitative estimate of drug-likeness (QED) is 0.888. The Hall–Kier alpha value is -1.65. The number of pyridine rings is 1. The Morgan fingerprint density at radius 1 is 1.47 bits per heavy atom. The first-order valence-corrected chi connectivity index (χ1v) is 5.91. The molecule has 2 N–H and O–H groups in total. The maximum absolute atomic E-state index is 13.8. The summed E-state index contributed by atoms with van der Waals surface area (Å²) in [5.74, 6) is -0.0853. The number of rotatable bonds is 4. The van der Waals surface area contributed by atoms with Gasteiger partial charge < -0.3 is 10.3 Å². The summed E-state index contributed by atoms with van der Waals surface area (Å²) in [6.07, 6.45) is 6.05. The van der Waals surface area contributed by atoms with Crippen molar-refractivity contribution in [1.82, 2.24) is 14.5 Å². The van der Waals surface area contributed by atoms with Crippen LogP contribution in [0.15, 0.2) is 12.5 Å². The van der Waals surface area contributed by atoms with E-state index in [9.17, 15) is 4.39 Å². The maximum atomic E-state index is 13.8. The summed E-state index contributed by atoms with van der Waals surface area (Å²) in [6.45, 7) is 4.20. The molecule has 2 aromatic heterocycles. The van der Waals surface area contributed by atoms with Crippen LogP contribution in [-0.2, 0) is 0 Å². The Kier molecular flexibility index (Phi) is 3.26. The van der Waals surface area contributed by atoms with Crippen molar-refractivity contribution in [3.8, 4) is 0 Å². The first-order chi connectivity index (χ1) is 8.15. The standard InChI is InChI=1S/C12H17FN4/c1-3-4-5-8(2)17-7-16-10-11(17)9(13)6-15-12(10)14/h6-8H,3-5H2,1-2H3,(H2,14,15). The number of anilines is 1. The van der Waals surface area contributed by atoms with Gasteiger partial charge in [-0.15, -0.1) is 0 Å². The summed E-state index contributed by atoms with van der Waals surface area (Å²) in [5, 5.41) is 0. The van der Waals surface area contributed by atoms with Crippen LogP contribution in [0.2, 0.25) is 0 Å². The molecule has 1 atom stereocenters. The number of nitrogen functional groups attached to an aromatic ring is 1. The van der Waals surface area contributed by atoms with Crippen LogP contribution in [0.3, 0.4) is 0 Å². The number of unbranched alkanes of at least 4 members (excludes halogenated alkanes) is 1. The molecule has 0 bridgehead atoms. The van der Waals surface area contributed by atoms with E-state index in [4.69, 9.17) is 5.73 Å². The van der Waals surface area contributed by atoms with Crippen molar-refractivity contribution in [2.75, 3.05) is 5.73 Å². The van der Waals surface area contributed by atoms with Gasteiger partial charge in [0.05, 0.1) is 12.5 Å². The summed E-state index contributed by atoms with van der Waals surface area (Å²) in [7, 11) is 0. The van der Waals surface area contributed by atoms with Crippen molar-refractivity contribution in [1.29, 1.82) is 0 Å². The normalized spacial score (nSPS) is 13.1. The van der Waals surface area contributed by atoms with Crippen molar-refractivity contribution >= 4 is 16.9 Å². The highest BCUT2D eigenvalue weighted by atomic mass is 19.1. The molecule has 92 valence electrons. The van der Waals surface area contributed by atoms with Gasteiger partial charge in [0.15, 0.2) is 11.6 Å². The van der Waals surface area contributed by atoms with Gasteiger partial charge in [-0.1, -0.05) is 19.8 Å². The topological polar surface area (TPSA) is 56.7 Å². The van der Waals surface area contributed by atoms with Gasteiger partial charge in [0.25, 0.3) is 0 Å². The number of fused-ring (bicyclic) bond motifs is 1. The van der Waals surface area contributed by atoms with Crippen molar-refractivity contribution in [3.63, 3.8) is 0 Å². The van der Waals surface area contributed by atoms with Gasteiger partial charge >= 0.3 is 0 Å². The van der Waals surface area contributed by atoms with Gasteiger partial charge in [0.2, 0.25) is 0 Å². The van der Waals surface area contributed by atoms with E-state index in [-0.39, 0.29) is 17.7 Å². The van der Waals surface area contributed by atoms with E-state index in [1.54, 1.807) is 6.33 Å². The van der Waals surface area contributed by atoms with Gasteiger partial charge in [-0.25, -0.2) is 14.4 Å². The lowest BCUT2D eigenvalue weighted by Crippen LogP contribution is -2.05. The largest absolute Gasteiger partial charge is 0.382 e. The monoisotopic (exact) mass is 236 g/mol. The highest BCUT2D eigenvalue weighted by molar-refractivity contribution is 5.85. The number of nitrogens with zero attached hydrogens (tertiary/aromatic N) is 3. The number of hydrogen-bond acceptors (Lipinski definition) is 3. The lowest BCUT2D eigenvalue weighted by atomic mass is 10.1.